The van der Waals surface area contributed by atoms with Crippen LogP contribution < -0.4 is 0 Å². The maximum absolute atomic E-state index is 13.0. The Kier molecular flexibility index (Phi) is 6.12. The number of fused-ring (bicyclic) bond motifs is 3. The fourth-order valence-corrected chi connectivity index (χ4v) is 3.55. The first-order chi connectivity index (χ1) is 14.0. The van der Waals surface area contributed by atoms with Crippen LogP contribution in [0.2, 0.25) is 0 Å². The van der Waals surface area contributed by atoms with E-state index < -0.39 is 5.97 Å². The highest BCUT2D eigenvalue weighted by atomic mass is 16.5. The lowest BCUT2D eigenvalue weighted by atomic mass is 10.0. The summed E-state index contributed by atoms with van der Waals surface area (Å²) < 4.78 is 5.16. The predicted octanol–water partition coefficient (Wildman–Crippen LogP) is 4.27. The van der Waals surface area contributed by atoms with Crippen molar-refractivity contribution in [1.29, 1.82) is 0 Å². The van der Waals surface area contributed by atoms with E-state index in [1.165, 1.54) is 0 Å². The van der Waals surface area contributed by atoms with Gasteiger partial charge in [-0.15, -0.1) is 13.2 Å². The normalized spacial score (nSPS) is 10.8. The third-order valence-corrected chi connectivity index (χ3v) is 4.79. The Morgan fingerprint density at radius 2 is 1.90 bits per heavy atom. The number of ether oxygens (including phenoxy) is 1. The van der Waals surface area contributed by atoms with Gasteiger partial charge in [-0.2, -0.15) is 0 Å². The van der Waals surface area contributed by atoms with Crippen molar-refractivity contribution in [3.8, 4) is 0 Å². The number of rotatable bonds is 8. The average molecular weight is 391 g/mol. The molecule has 1 aromatic carbocycles. The molecule has 0 aliphatic carbocycles. The van der Waals surface area contributed by atoms with Gasteiger partial charge in [-0.05, 0) is 37.1 Å². The molecule has 2 heterocycles. The number of hydrogen-bond acceptors (Lipinski definition) is 4. The summed E-state index contributed by atoms with van der Waals surface area (Å²) in [6, 6.07) is 5.54. The van der Waals surface area contributed by atoms with Gasteiger partial charge < -0.3 is 14.6 Å². The highest BCUT2D eigenvalue weighted by Crippen LogP contribution is 2.31. The first kappa shape index (κ1) is 20.3. The highest BCUT2D eigenvalue weighted by molar-refractivity contribution is 6.13. The molecule has 0 aliphatic heterocycles. The van der Waals surface area contributed by atoms with Gasteiger partial charge in [0.1, 0.15) is 0 Å². The Morgan fingerprint density at radius 3 is 2.52 bits per heavy atom. The number of aromatic amines is 1. The molecule has 0 aliphatic rings. The smallest absolute Gasteiger partial charge is 0.357 e. The van der Waals surface area contributed by atoms with Crippen LogP contribution in [-0.4, -0.2) is 46.4 Å². The van der Waals surface area contributed by atoms with Crippen LogP contribution in [0.15, 0.2) is 49.7 Å². The van der Waals surface area contributed by atoms with E-state index in [1.807, 2.05) is 19.1 Å². The van der Waals surface area contributed by atoms with Gasteiger partial charge >= 0.3 is 5.97 Å². The lowest BCUT2D eigenvalue weighted by molar-refractivity contribution is 0.0518. The van der Waals surface area contributed by atoms with Crippen LogP contribution in [0.1, 0.15) is 40.3 Å². The lowest BCUT2D eigenvalue weighted by Crippen LogP contribution is -2.31. The molecule has 6 nitrogen and oxygen atoms in total. The number of pyridine rings is 1. The molecule has 0 spiro atoms. The number of nitrogens with one attached hydrogen (secondary N) is 1. The maximum atomic E-state index is 13.0. The van der Waals surface area contributed by atoms with Crippen molar-refractivity contribution in [2.45, 2.75) is 20.3 Å². The maximum Gasteiger partial charge on any atom is 0.357 e. The van der Waals surface area contributed by atoms with Crippen LogP contribution in [0.5, 0.6) is 0 Å². The molecule has 0 saturated carbocycles. The van der Waals surface area contributed by atoms with Crippen molar-refractivity contribution in [3.05, 3.63) is 66.5 Å². The minimum absolute atomic E-state index is 0.0984. The van der Waals surface area contributed by atoms with E-state index in [2.05, 4.69) is 23.1 Å². The zero-order valence-corrected chi connectivity index (χ0v) is 16.8. The predicted molar refractivity (Wildman–Crippen MR) is 115 cm³/mol. The molecule has 0 bridgehead atoms. The van der Waals surface area contributed by atoms with E-state index in [-0.39, 0.29) is 12.5 Å². The van der Waals surface area contributed by atoms with Gasteiger partial charge in [0.15, 0.2) is 5.69 Å². The van der Waals surface area contributed by atoms with Gasteiger partial charge in [-0.25, -0.2) is 9.78 Å². The molecule has 0 fully saturated rings. The Bertz CT molecular complexity index is 1090. The second kappa shape index (κ2) is 8.73. The number of esters is 1. The van der Waals surface area contributed by atoms with E-state index in [4.69, 9.17) is 4.74 Å². The second-order valence-corrected chi connectivity index (χ2v) is 6.62. The first-order valence-electron chi connectivity index (χ1n) is 9.67. The van der Waals surface area contributed by atoms with Gasteiger partial charge in [0.2, 0.25) is 0 Å². The van der Waals surface area contributed by atoms with Crippen molar-refractivity contribution < 1.29 is 14.3 Å². The number of benzene rings is 1. The number of hydrogen-bond donors (Lipinski definition) is 1. The van der Waals surface area contributed by atoms with E-state index >= 15 is 0 Å². The van der Waals surface area contributed by atoms with Gasteiger partial charge in [-0.3, -0.25) is 4.79 Å². The fourth-order valence-electron chi connectivity index (χ4n) is 3.55. The zero-order chi connectivity index (χ0) is 21.0. The Labute approximate surface area is 169 Å². The summed E-state index contributed by atoms with van der Waals surface area (Å²) in [6.07, 6.45) is 5.64. The van der Waals surface area contributed by atoms with Crippen LogP contribution in [0.4, 0.5) is 0 Å². The van der Waals surface area contributed by atoms with Crippen LogP contribution in [0.3, 0.4) is 0 Å². The quantitative estimate of drug-likeness (QED) is 0.460. The van der Waals surface area contributed by atoms with E-state index in [1.54, 1.807) is 36.2 Å². The summed E-state index contributed by atoms with van der Waals surface area (Å²) in [5.41, 5.74) is 3.40. The summed E-state index contributed by atoms with van der Waals surface area (Å²) in [5, 5.41) is 1.78. The fraction of sp³-hybridized carbons (Fsp3) is 0.261. The number of nitrogens with zero attached hydrogens (tertiary/aromatic N) is 2. The number of carbonyl (C=O) groups is 2. The van der Waals surface area contributed by atoms with E-state index in [9.17, 15) is 9.59 Å². The van der Waals surface area contributed by atoms with Crippen LogP contribution in [-0.2, 0) is 11.2 Å². The minimum atomic E-state index is -0.434. The van der Waals surface area contributed by atoms with Crippen molar-refractivity contribution in [3.63, 3.8) is 0 Å². The number of H-pyrrole nitrogens is 1. The number of aryl methyl sites for hydroxylation is 1. The number of aromatic nitrogens is 2. The van der Waals surface area contributed by atoms with Crippen molar-refractivity contribution in [2.24, 2.45) is 0 Å². The van der Waals surface area contributed by atoms with Crippen LogP contribution >= 0.6 is 0 Å². The first-order valence-corrected chi connectivity index (χ1v) is 9.67. The zero-order valence-electron chi connectivity index (χ0n) is 16.8. The van der Waals surface area contributed by atoms with Crippen LogP contribution in [0, 0.1) is 0 Å². The lowest BCUT2D eigenvalue weighted by Gasteiger charge is -2.19. The molecule has 0 saturated heterocycles. The van der Waals surface area contributed by atoms with Crippen molar-refractivity contribution >= 4 is 33.7 Å². The molecule has 150 valence electrons. The SMILES string of the molecule is C=CCN(CC=C)C(=O)c1ccc2[nH]c3cnc(C(=O)OCC)c(CC)c3c2c1. The van der Waals surface area contributed by atoms with Crippen LogP contribution in [0.25, 0.3) is 21.8 Å². The van der Waals surface area contributed by atoms with Crippen molar-refractivity contribution in [2.75, 3.05) is 19.7 Å². The molecular weight excluding hydrogens is 366 g/mol. The largest absolute Gasteiger partial charge is 0.461 e. The molecule has 0 unspecified atom stereocenters. The van der Waals surface area contributed by atoms with Crippen molar-refractivity contribution in [1.82, 2.24) is 14.9 Å². The molecule has 3 rings (SSSR count). The third kappa shape index (κ3) is 3.78. The number of carbonyl (C=O) groups excluding carboxylic acids is 2. The topological polar surface area (TPSA) is 75.3 Å². The van der Waals surface area contributed by atoms with Gasteiger partial charge in [0.05, 0.1) is 18.3 Å². The summed E-state index contributed by atoms with van der Waals surface area (Å²) in [7, 11) is 0. The van der Waals surface area contributed by atoms with Gasteiger partial charge in [0.25, 0.3) is 5.91 Å². The Morgan fingerprint density at radius 1 is 1.17 bits per heavy atom. The average Bonchev–Trinajstić information content (AvgIpc) is 3.10. The molecular formula is C23H25N3O3. The Hall–Kier alpha value is -3.41. The molecule has 1 amide bonds. The monoisotopic (exact) mass is 391 g/mol. The highest BCUT2D eigenvalue weighted by Gasteiger charge is 2.20. The third-order valence-electron chi connectivity index (χ3n) is 4.79. The molecule has 0 radical (unpaired) electrons. The summed E-state index contributed by atoms with van der Waals surface area (Å²) in [4.78, 5) is 34.7. The Balaban J connectivity index is 2.18. The molecule has 1 N–H and O–H groups in total. The van der Waals surface area contributed by atoms with Gasteiger partial charge in [-0.1, -0.05) is 19.1 Å². The summed E-state index contributed by atoms with van der Waals surface area (Å²) in [5.74, 6) is -0.533. The number of amides is 1. The van der Waals surface area contributed by atoms with E-state index in [0.717, 1.165) is 27.4 Å². The molecule has 0 atom stereocenters. The molecule has 3 aromatic rings. The molecule has 6 heteroatoms. The molecule has 2 aromatic heterocycles. The standard InChI is InChI=1S/C23H25N3O3/c1-5-11-26(12-6-2)22(27)15-9-10-18-17(13-15)20-16(7-3)21(23(28)29-8-4)24-14-19(20)25-18/h5-6,9-10,13-14,25H,1-2,7-8,11-12H2,3-4H3. The van der Waals surface area contributed by atoms with E-state index in [0.29, 0.717) is 30.8 Å². The summed E-state index contributed by atoms with van der Waals surface area (Å²) >= 11 is 0. The summed E-state index contributed by atoms with van der Waals surface area (Å²) in [6.45, 7) is 12.4. The molecule has 29 heavy (non-hydrogen) atoms. The van der Waals surface area contributed by atoms with Gasteiger partial charge in [0, 0.05) is 34.9 Å². The second-order valence-electron chi connectivity index (χ2n) is 6.62. The minimum Gasteiger partial charge on any atom is -0.461 e.